The van der Waals surface area contributed by atoms with Gasteiger partial charge in [-0.25, -0.2) is 4.39 Å². The number of nitrogens with one attached hydrogen (secondary N) is 2. The number of hydrogen-bond acceptors (Lipinski definition) is 2. The SMILES string of the molecule is Cc1[nH]c2ccc(F)cc2c1CC(=O)NCC1CCCO1. The maximum atomic E-state index is 13.4. The summed E-state index contributed by atoms with van der Waals surface area (Å²) in [6.45, 7) is 3.23. The molecule has 3 rings (SSSR count). The third-order valence-electron chi connectivity index (χ3n) is 3.97. The quantitative estimate of drug-likeness (QED) is 0.909. The van der Waals surface area contributed by atoms with Gasteiger partial charge in [0.15, 0.2) is 0 Å². The van der Waals surface area contributed by atoms with Gasteiger partial charge >= 0.3 is 0 Å². The zero-order valence-electron chi connectivity index (χ0n) is 12.0. The van der Waals surface area contributed by atoms with Gasteiger partial charge in [-0.15, -0.1) is 0 Å². The van der Waals surface area contributed by atoms with Gasteiger partial charge in [0.2, 0.25) is 5.91 Å². The van der Waals surface area contributed by atoms with E-state index in [4.69, 9.17) is 4.74 Å². The van der Waals surface area contributed by atoms with Crippen LogP contribution >= 0.6 is 0 Å². The van der Waals surface area contributed by atoms with E-state index in [0.717, 1.165) is 41.6 Å². The Morgan fingerprint density at radius 2 is 2.38 bits per heavy atom. The Kier molecular flexibility index (Phi) is 3.92. The smallest absolute Gasteiger partial charge is 0.224 e. The second-order valence-corrected chi connectivity index (χ2v) is 5.53. The summed E-state index contributed by atoms with van der Waals surface area (Å²) in [5.41, 5.74) is 2.62. The van der Waals surface area contributed by atoms with Crippen LogP contribution in [0.5, 0.6) is 0 Å². The topological polar surface area (TPSA) is 54.1 Å². The number of benzene rings is 1. The van der Waals surface area contributed by atoms with Crippen LogP contribution in [-0.4, -0.2) is 30.1 Å². The number of carbonyl (C=O) groups excluding carboxylic acids is 1. The second-order valence-electron chi connectivity index (χ2n) is 5.53. The monoisotopic (exact) mass is 290 g/mol. The lowest BCUT2D eigenvalue weighted by Crippen LogP contribution is -2.32. The van der Waals surface area contributed by atoms with Crippen molar-refractivity contribution in [1.29, 1.82) is 0 Å². The summed E-state index contributed by atoms with van der Waals surface area (Å²) >= 11 is 0. The van der Waals surface area contributed by atoms with Crippen LogP contribution in [0.25, 0.3) is 10.9 Å². The molecule has 0 radical (unpaired) electrons. The van der Waals surface area contributed by atoms with E-state index in [1.807, 2.05) is 6.92 Å². The molecule has 21 heavy (non-hydrogen) atoms. The van der Waals surface area contributed by atoms with E-state index >= 15 is 0 Å². The van der Waals surface area contributed by atoms with Crippen molar-refractivity contribution in [1.82, 2.24) is 10.3 Å². The number of aryl methyl sites for hydroxylation is 1. The van der Waals surface area contributed by atoms with Gasteiger partial charge in [0, 0.05) is 29.7 Å². The van der Waals surface area contributed by atoms with Gasteiger partial charge in [-0.1, -0.05) is 0 Å². The number of fused-ring (bicyclic) bond motifs is 1. The molecule has 112 valence electrons. The summed E-state index contributed by atoms with van der Waals surface area (Å²) in [5.74, 6) is -0.346. The van der Waals surface area contributed by atoms with Crippen molar-refractivity contribution in [2.24, 2.45) is 0 Å². The van der Waals surface area contributed by atoms with Gasteiger partial charge in [-0.05, 0) is 43.5 Å². The average molecular weight is 290 g/mol. The molecule has 0 spiro atoms. The maximum Gasteiger partial charge on any atom is 0.224 e. The summed E-state index contributed by atoms with van der Waals surface area (Å²) in [6.07, 6.45) is 2.44. The Labute approximate surface area is 122 Å². The minimum absolute atomic E-state index is 0.0567. The number of carbonyl (C=O) groups is 1. The lowest BCUT2D eigenvalue weighted by Gasteiger charge is -2.10. The minimum Gasteiger partial charge on any atom is -0.376 e. The third-order valence-corrected chi connectivity index (χ3v) is 3.97. The first-order chi connectivity index (χ1) is 10.1. The van der Waals surface area contributed by atoms with Crippen molar-refractivity contribution in [2.45, 2.75) is 32.3 Å². The Bertz CT molecular complexity index is 660. The summed E-state index contributed by atoms with van der Waals surface area (Å²) in [5, 5.41) is 3.68. The van der Waals surface area contributed by atoms with Gasteiger partial charge in [-0.3, -0.25) is 4.79 Å². The van der Waals surface area contributed by atoms with Crippen LogP contribution in [0.15, 0.2) is 18.2 Å². The Hall–Kier alpha value is -1.88. The first-order valence-corrected chi connectivity index (χ1v) is 7.28. The molecule has 1 aromatic heterocycles. The number of hydrogen-bond donors (Lipinski definition) is 2. The molecule has 1 aromatic carbocycles. The summed E-state index contributed by atoms with van der Waals surface area (Å²) in [7, 11) is 0. The molecule has 1 fully saturated rings. The van der Waals surface area contributed by atoms with Crippen molar-refractivity contribution in [3.05, 3.63) is 35.3 Å². The van der Waals surface area contributed by atoms with Crippen LogP contribution in [0.4, 0.5) is 4.39 Å². The van der Waals surface area contributed by atoms with E-state index in [1.54, 1.807) is 6.07 Å². The van der Waals surface area contributed by atoms with Crippen LogP contribution in [0.2, 0.25) is 0 Å². The van der Waals surface area contributed by atoms with Crippen LogP contribution in [0.3, 0.4) is 0 Å². The Morgan fingerprint density at radius 1 is 1.52 bits per heavy atom. The summed E-state index contributed by atoms with van der Waals surface area (Å²) in [6, 6.07) is 4.59. The molecule has 1 aliphatic rings. The van der Waals surface area contributed by atoms with E-state index in [2.05, 4.69) is 10.3 Å². The van der Waals surface area contributed by atoms with Crippen molar-refractivity contribution in [2.75, 3.05) is 13.2 Å². The van der Waals surface area contributed by atoms with E-state index in [0.29, 0.717) is 6.54 Å². The number of H-pyrrole nitrogens is 1. The zero-order chi connectivity index (χ0) is 14.8. The van der Waals surface area contributed by atoms with Crippen molar-refractivity contribution in [3.8, 4) is 0 Å². The molecule has 2 heterocycles. The normalized spacial score (nSPS) is 18.3. The fourth-order valence-electron chi connectivity index (χ4n) is 2.84. The fourth-order valence-corrected chi connectivity index (χ4v) is 2.84. The molecular weight excluding hydrogens is 271 g/mol. The number of aromatic nitrogens is 1. The van der Waals surface area contributed by atoms with Crippen molar-refractivity contribution < 1.29 is 13.9 Å². The molecule has 1 aliphatic heterocycles. The number of halogens is 1. The highest BCUT2D eigenvalue weighted by molar-refractivity contribution is 5.90. The van der Waals surface area contributed by atoms with Crippen LogP contribution in [0.1, 0.15) is 24.1 Å². The lowest BCUT2D eigenvalue weighted by atomic mass is 10.1. The molecular formula is C16H19FN2O2. The molecule has 1 saturated heterocycles. The number of amides is 1. The number of ether oxygens (including phenoxy) is 1. The highest BCUT2D eigenvalue weighted by Gasteiger charge is 2.17. The molecule has 0 bridgehead atoms. The predicted octanol–water partition coefficient (Wildman–Crippen LogP) is 2.45. The van der Waals surface area contributed by atoms with Gasteiger partial charge in [0.05, 0.1) is 12.5 Å². The van der Waals surface area contributed by atoms with E-state index < -0.39 is 0 Å². The van der Waals surface area contributed by atoms with Gasteiger partial charge in [0.1, 0.15) is 5.82 Å². The molecule has 2 aromatic rings. The first-order valence-electron chi connectivity index (χ1n) is 7.28. The third kappa shape index (κ3) is 3.08. The maximum absolute atomic E-state index is 13.4. The van der Waals surface area contributed by atoms with Crippen LogP contribution < -0.4 is 5.32 Å². The molecule has 2 N–H and O–H groups in total. The molecule has 5 heteroatoms. The molecule has 4 nitrogen and oxygen atoms in total. The van der Waals surface area contributed by atoms with Crippen LogP contribution in [0, 0.1) is 12.7 Å². The molecule has 0 aliphatic carbocycles. The number of rotatable bonds is 4. The molecule has 1 unspecified atom stereocenters. The first kappa shape index (κ1) is 14.1. The van der Waals surface area contributed by atoms with Crippen LogP contribution in [-0.2, 0) is 16.0 Å². The average Bonchev–Trinajstić information content (AvgIpc) is 3.06. The summed E-state index contributed by atoms with van der Waals surface area (Å²) in [4.78, 5) is 15.3. The van der Waals surface area contributed by atoms with E-state index in [1.165, 1.54) is 12.1 Å². The van der Waals surface area contributed by atoms with Gasteiger partial charge in [-0.2, -0.15) is 0 Å². The molecule has 0 saturated carbocycles. The zero-order valence-corrected chi connectivity index (χ0v) is 12.0. The molecule has 1 atom stereocenters. The summed E-state index contributed by atoms with van der Waals surface area (Å²) < 4.78 is 18.9. The van der Waals surface area contributed by atoms with Crippen molar-refractivity contribution in [3.63, 3.8) is 0 Å². The Morgan fingerprint density at radius 3 is 3.14 bits per heavy atom. The second kappa shape index (κ2) is 5.85. The van der Waals surface area contributed by atoms with E-state index in [9.17, 15) is 9.18 Å². The highest BCUT2D eigenvalue weighted by atomic mass is 19.1. The standard InChI is InChI=1S/C16H19FN2O2/c1-10-13(14-7-11(17)4-5-15(14)19-10)8-16(20)18-9-12-3-2-6-21-12/h4-5,7,12,19H,2-3,6,8-9H2,1H3,(H,18,20). The van der Waals surface area contributed by atoms with E-state index in [-0.39, 0.29) is 24.2 Å². The lowest BCUT2D eigenvalue weighted by molar-refractivity contribution is -0.120. The Balaban J connectivity index is 1.70. The molecule has 1 amide bonds. The van der Waals surface area contributed by atoms with Crippen molar-refractivity contribution >= 4 is 16.8 Å². The highest BCUT2D eigenvalue weighted by Crippen LogP contribution is 2.23. The fraction of sp³-hybridized carbons (Fsp3) is 0.438. The largest absolute Gasteiger partial charge is 0.376 e. The van der Waals surface area contributed by atoms with Gasteiger partial charge < -0.3 is 15.0 Å². The number of aromatic amines is 1. The predicted molar refractivity (Wildman–Crippen MR) is 78.7 cm³/mol. The van der Waals surface area contributed by atoms with Gasteiger partial charge in [0.25, 0.3) is 0 Å². The minimum atomic E-state index is -0.289.